The molecule has 8 heteroatoms. The van der Waals surface area contributed by atoms with E-state index in [1.807, 2.05) is 72.3 Å². The van der Waals surface area contributed by atoms with Gasteiger partial charge in [0.1, 0.15) is 6.04 Å². The molecule has 39 heavy (non-hydrogen) atoms. The van der Waals surface area contributed by atoms with Gasteiger partial charge >= 0.3 is 0 Å². The lowest BCUT2D eigenvalue weighted by atomic mass is 9.98. The third-order valence-electron chi connectivity index (χ3n) is 7.39. The summed E-state index contributed by atoms with van der Waals surface area (Å²) in [5.41, 5.74) is 4.18. The lowest BCUT2D eigenvalue weighted by molar-refractivity contribution is 0.180. The van der Waals surface area contributed by atoms with Crippen molar-refractivity contribution in [3.05, 3.63) is 122 Å². The van der Waals surface area contributed by atoms with Crippen molar-refractivity contribution >= 4 is 22.5 Å². The molecule has 200 valence electrons. The van der Waals surface area contributed by atoms with Gasteiger partial charge in [-0.1, -0.05) is 73.1 Å². The number of hydrogen-bond acceptors (Lipinski definition) is 5. The van der Waals surface area contributed by atoms with E-state index in [2.05, 4.69) is 64.4 Å². The molecule has 7 nitrogen and oxygen atoms in total. The van der Waals surface area contributed by atoms with Gasteiger partial charge < -0.3 is 4.98 Å². The van der Waals surface area contributed by atoms with E-state index in [9.17, 15) is 4.79 Å². The smallest absolute Gasteiger partial charge is 0.253 e. The molecular formula is C31H33ClN6O. The number of rotatable bonds is 9. The lowest BCUT2D eigenvalue weighted by Gasteiger charge is -2.33. The van der Waals surface area contributed by atoms with Crippen LogP contribution in [-0.4, -0.2) is 30.1 Å². The van der Waals surface area contributed by atoms with Gasteiger partial charge in [0, 0.05) is 29.2 Å². The fourth-order valence-electron chi connectivity index (χ4n) is 4.86. The first kappa shape index (κ1) is 26.8. The number of hydrogen-bond donors (Lipinski definition) is 1. The number of pyridine rings is 1. The molecule has 2 heterocycles. The highest BCUT2D eigenvalue weighted by Crippen LogP contribution is 2.33. The number of fused-ring (bicyclic) bond motifs is 1. The van der Waals surface area contributed by atoms with Gasteiger partial charge in [0.2, 0.25) is 0 Å². The molecule has 2 aromatic heterocycles. The van der Waals surface area contributed by atoms with Gasteiger partial charge in [-0.25, -0.2) is 4.68 Å². The molecule has 1 atom stereocenters. The van der Waals surface area contributed by atoms with Crippen molar-refractivity contribution in [1.29, 1.82) is 0 Å². The maximum atomic E-state index is 13.8. The normalized spacial score (nSPS) is 12.8. The van der Waals surface area contributed by atoms with E-state index >= 15 is 0 Å². The first-order valence-corrected chi connectivity index (χ1v) is 13.6. The van der Waals surface area contributed by atoms with Crippen molar-refractivity contribution in [1.82, 2.24) is 30.1 Å². The molecule has 0 fully saturated rings. The van der Waals surface area contributed by atoms with Crippen molar-refractivity contribution in [2.24, 2.45) is 0 Å². The SMILES string of the molecule is CCC(C)(C)n1nnnc1[C@H](c1cc2ccc(C)cc2[nH]c1=O)N(Cc1ccccc1)Cc1ccc(Cl)cc1. The minimum atomic E-state index is -0.517. The molecule has 5 rings (SSSR count). The molecule has 0 aliphatic rings. The van der Waals surface area contributed by atoms with E-state index in [0.717, 1.165) is 34.0 Å². The summed E-state index contributed by atoms with van der Waals surface area (Å²) < 4.78 is 1.87. The van der Waals surface area contributed by atoms with E-state index in [4.69, 9.17) is 11.6 Å². The number of H-pyrrole nitrogens is 1. The first-order valence-electron chi connectivity index (χ1n) is 13.2. The highest BCUT2D eigenvalue weighted by molar-refractivity contribution is 6.30. The van der Waals surface area contributed by atoms with Crippen LogP contribution in [0.3, 0.4) is 0 Å². The topological polar surface area (TPSA) is 79.7 Å². The number of nitrogens with one attached hydrogen (secondary N) is 1. The fourth-order valence-corrected chi connectivity index (χ4v) is 4.99. The number of tetrazole rings is 1. The number of nitrogens with zero attached hydrogens (tertiary/aromatic N) is 5. The predicted octanol–water partition coefficient (Wildman–Crippen LogP) is 6.41. The summed E-state index contributed by atoms with van der Waals surface area (Å²) in [6.45, 7) is 9.49. The Balaban J connectivity index is 1.73. The van der Waals surface area contributed by atoms with E-state index in [-0.39, 0.29) is 11.1 Å². The van der Waals surface area contributed by atoms with Crippen LogP contribution in [0.4, 0.5) is 0 Å². The number of benzene rings is 3. The van der Waals surface area contributed by atoms with Crippen LogP contribution in [0.15, 0.2) is 83.7 Å². The largest absolute Gasteiger partial charge is 0.322 e. The van der Waals surface area contributed by atoms with E-state index in [1.165, 1.54) is 0 Å². The molecule has 0 saturated heterocycles. The molecule has 0 saturated carbocycles. The number of aromatic nitrogens is 5. The zero-order chi connectivity index (χ0) is 27.6. The van der Waals surface area contributed by atoms with Crippen molar-refractivity contribution in [3.8, 4) is 0 Å². The number of aromatic amines is 1. The van der Waals surface area contributed by atoms with Gasteiger partial charge in [-0.2, -0.15) is 0 Å². The van der Waals surface area contributed by atoms with Crippen LogP contribution in [0.1, 0.15) is 61.3 Å². The second-order valence-corrected chi connectivity index (χ2v) is 11.1. The van der Waals surface area contributed by atoms with Crippen LogP contribution in [0, 0.1) is 6.92 Å². The van der Waals surface area contributed by atoms with Crippen LogP contribution in [-0.2, 0) is 18.6 Å². The summed E-state index contributed by atoms with van der Waals surface area (Å²) in [4.78, 5) is 19.2. The van der Waals surface area contributed by atoms with Crippen LogP contribution >= 0.6 is 11.6 Å². The average molecular weight is 541 g/mol. The Morgan fingerprint density at radius 2 is 1.67 bits per heavy atom. The van der Waals surface area contributed by atoms with Crippen LogP contribution < -0.4 is 5.56 Å². The Bertz CT molecular complexity index is 1630. The van der Waals surface area contributed by atoms with Crippen LogP contribution in [0.5, 0.6) is 0 Å². The molecule has 0 radical (unpaired) electrons. The molecule has 5 aromatic rings. The molecule has 0 bridgehead atoms. The molecule has 1 N–H and O–H groups in total. The summed E-state index contributed by atoms with van der Waals surface area (Å²) in [7, 11) is 0. The van der Waals surface area contributed by atoms with E-state index in [0.29, 0.717) is 29.5 Å². The zero-order valence-electron chi connectivity index (χ0n) is 22.7. The fraction of sp³-hybridized carbons (Fsp3) is 0.290. The highest BCUT2D eigenvalue weighted by atomic mass is 35.5. The first-order chi connectivity index (χ1) is 18.7. The predicted molar refractivity (Wildman–Crippen MR) is 156 cm³/mol. The van der Waals surface area contributed by atoms with E-state index in [1.54, 1.807) is 0 Å². The monoisotopic (exact) mass is 540 g/mol. The van der Waals surface area contributed by atoms with Gasteiger partial charge in [0.25, 0.3) is 5.56 Å². The molecule has 0 aliphatic carbocycles. The van der Waals surface area contributed by atoms with Gasteiger partial charge in [0.15, 0.2) is 5.82 Å². The zero-order valence-corrected chi connectivity index (χ0v) is 23.5. The van der Waals surface area contributed by atoms with Crippen LogP contribution in [0.25, 0.3) is 10.9 Å². The van der Waals surface area contributed by atoms with Crippen molar-refractivity contribution in [3.63, 3.8) is 0 Å². The maximum Gasteiger partial charge on any atom is 0.253 e. The van der Waals surface area contributed by atoms with Crippen LogP contribution in [0.2, 0.25) is 5.02 Å². The summed E-state index contributed by atoms with van der Waals surface area (Å²) >= 11 is 6.20. The molecule has 0 amide bonds. The Labute approximate surface area is 233 Å². The van der Waals surface area contributed by atoms with Crippen molar-refractivity contribution in [2.75, 3.05) is 0 Å². The quantitative estimate of drug-likeness (QED) is 0.233. The molecule has 0 unspecified atom stereocenters. The summed E-state index contributed by atoms with van der Waals surface area (Å²) in [5.74, 6) is 0.628. The maximum absolute atomic E-state index is 13.8. The van der Waals surface area contributed by atoms with Gasteiger partial charge in [-0.3, -0.25) is 9.69 Å². The minimum Gasteiger partial charge on any atom is -0.322 e. The summed E-state index contributed by atoms with van der Waals surface area (Å²) in [6, 6.07) is 25.6. The molecule has 3 aromatic carbocycles. The second kappa shape index (κ2) is 11.1. The van der Waals surface area contributed by atoms with Crippen molar-refractivity contribution in [2.45, 2.75) is 58.8 Å². The molecular weight excluding hydrogens is 508 g/mol. The number of halogens is 1. The lowest BCUT2D eigenvalue weighted by Crippen LogP contribution is -2.38. The summed E-state index contributed by atoms with van der Waals surface area (Å²) in [5, 5.41) is 14.7. The second-order valence-electron chi connectivity index (χ2n) is 10.7. The third kappa shape index (κ3) is 5.79. The minimum absolute atomic E-state index is 0.156. The van der Waals surface area contributed by atoms with E-state index < -0.39 is 6.04 Å². The van der Waals surface area contributed by atoms with Gasteiger partial charge in [-0.05, 0) is 84.0 Å². The number of aryl methyl sites for hydroxylation is 1. The van der Waals surface area contributed by atoms with Crippen molar-refractivity contribution < 1.29 is 0 Å². The highest BCUT2D eigenvalue weighted by Gasteiger charge is 2.34. The average Bonchev–Trinajstić information content (AvgIpc) is 3.41. The molecule has 0 aliphatic heterocycles. The van der Waals surface area contributed by atoms with Gasteiger partial charge in [0.05, 0.1) is 5.54 Å². The standard InChI is InChI=1S/C31H33ClN6O/c1-5-31(3,4)38-29(34-35-36-38)28(26-18-24-14-11-21(2)17-27(24)33-30(26)39)37(19-22-9-7-6-8-10-22)20-23-12-15-25(32)16-13-23/h6-18,28H,5,19-20H2,1-4H3,(H,33,39)/t28-/m0/s1. The Kier molecular flexibility index (Phi) is 7.64. The third-order valence-corrected chi connectivity index (χ3v) is 7.65. The van der Waals surface area contributed by atoms with Gasteiger partial charge in [-0.15, -0.1) is 5.10 Å². The molecule has 0 spiro atoms. The Morgan fingerprint density at radius 1 is 0.974 bits per heavy atom. The Hall–Kier alpha value is -3.81. The summed E-state index contributed by atoms with van der Waals surface area (Å²) in [6.07, 6.45) is 0.820. The Morgan fingerprint density at radius 3 is 2.36 bits per heavy atom.